The van der Waals surface area contributed by atoms with Gasteiger partial charge in [0.1, 0.15) is 5.58 Å². The van der Waals surface area contributed by atoms with Gasteiger partial charge in [0.25, 0.3) is 0 Å². The lowest BCUT2D eigenvalue weighted by atomic mass is 10.0. The third kappa shape index (κ3) is 1.76. The maximum Gasteiger partial charge on any atom is 0.134 e. The number of rotatable bonds is 2. The zero-order valence-corrected chi connectivity index (χ0v) is 9.76. The fourth-order valence-corrected chi connectivity index (χ4v) is 2.14. The monoisotopic (exact) mass is 233 g/mol. The van der Waals surface area contributed by atoms with Gasteiger partial charge >= 0.3 is 0 Å². The Hall–Kier alpha value is -2.53. The summed E-state index contributed by atoms with van der Waals surface area (Å²) < 4.78 is 5.40. The highest BCUT2D eigenvalue weighted by atomic mass is 16.3. The minimum absolute atomic E-state index is 0.455. The summed E-state index contributed by atoms with van der Waals surface area (Å²) in [6.07, 6.45) is 2.16. The molecular formula is C16H11NO. The molecule has 0 saturated heterocycles. The van der Waals surface area contributed by atoms with Gasteiger partial charge in [0.05, 0.1) is 18.8 Å². The number of furan rings is 1. The van der Waals surface area contributed by atoms with E-state index in [1.807, 2.05) is 30.3 Å². The molecule has 86 valence electrons. The predicted octanol–water partition coefficient (Wildman–Crippen LogP) is 4.17. The van der Waals surface area contributed by atoms with Crippen molar-refractivity contribution in [1.29, 1.82) is 5.26 Å². The lowest BCUT2D eigenvalue weighted by molar-refractivity contribution is 0.616. The zero-order valence-electron chi connectivity index (χ0n) is 9.76. The van der Waals surface area contributed by atoms with Crippen LogP contribution in [0.3, 0.4) is 0 Å². The Morgan fingerprint density at radius 2 is 1.83 bits per heavy atom. The zero-order chi connectivity index (χ0) is 12.4. The third-order valence-electron chi connectivity index (χ3n) is 3.04. The molecule has 0 aliphatic rings. The first-order chi connectivity index (χ1) is 8.88. The highest BCUT2D eigenvalue weighted by Gasteiger charge is 2.05. The summed E-state index contributed by atoms with van der Waals surface area (Å²) in [5, 5.41) is 9.77. The molecule has 0 atom stereocenters. The molecule has 2 heteroatoms. The smallest absolute Gasteiger partial charge is 0.134 e. The Labute approximate surface area is 105 Å². The van der Waals surface area contributed by atoms with Crippen LogP contribution < -0.4 is 0 Å². The van der Waals surface area contributed by atoms with Crippen molar-refractivity contribution in [2.45, 2.75) is 6.42 Å². The minimum atomic E-state index is 0.455. The van der Waals surface area contributed by atoms with Crippen LogP contribution in [0.2, 0.25) is 0 Å². The van der Waals surface area contributed by atoms with Gasteiger partial charge in [0, 0.05) is 5.39 Å². The first kappa shape index (κ1) is 10.6. The molecule has 2 aromatic carbocycles. The van der Waals surface area contributed by atoms with E-state index in [1.54, 1.807) is 6.26 Å². The van der Waals surface area contributed by atoms with Gasteiger partial charge in [-0.3, -0.25) is 0 Å². The van der Waals surface area contributed by atoms with Crippen LogP contribution in [0.15, 0.2) is 59.2 Å². The topological polar surface area (TPSA) is 36.9 Å². The van der Waals surface area contributed by atoms with Crippen LogP contribution in [0.5, 0.6) is 0 Å². The minimum Gasteiger partial charge on any atom is -0.464 e. The van der Waals surface area contributed by atoms with Gasteiger partial charge < -0.3 is 4.42 Å². The Morgan fingerprint density at radius 1 is 1.00 bits per heavy atom. The maximum absolute atomic E-state index is 8.66. The SMILES string of the molecule is N#CCc1ccc(-c2cccc3occc23)cc1. The molecule has 0 bridgehead atoms. The molecule has 3 aromatic rings. The van der Waals surface area contributed by atoms with E-state index in [4.69, 9.17) is 9.68 Å². The number of benzene rings is 2. The third-order valence-corrected chi connectivity index (χ3v) is 3.04. The van der Waals surface area contributed by atoms with E-state index in [9.17, 15) is 0 Å². The van der Waals surface area contributed by atoms with E-state index in [2.05, 4.69) is 24.3 Å². The first-order valence-electron chi connectivity index (χ1n) is 5.81. The molecule has 1 heterocycles. The van der Waals surface area contributed by atoms with E-state index < -0.39 is 0 Å². The van der Waals surface area contributed by atoms with Crippen LogP contribution in [0.4, 0.5) is 0 Å². The molecule has 0 saturated carbocycles. The van der Waals surface area contributed by atoms with Gasteiger partial charge in [-0.2, -0.15) is 5.26 Å². The molecule has 0 aliphatic carbocycles. The van der Waals surface area contributed by atoms with Crippen molar-refractivity contribution in [2.75, 3.05) is 0 Å². The number of hydrogen-bond donors (Lipinski definition) is 0. The van der Waals surface area contributed by atoms with Crippen molar-refractivity contribution in [3.05, 3.63) is 60.4 Å². The molecule has 0 spiro atoms. The van der Waals surface area contributed by atoms with Crippen LogP contribution in [-0.2, 0) is 6.42 Å². The van der Waals surface area contributed by atoms with Gasteiger partial charge in [-0.1, -0.05) is 36.4 Å². The maximum atomic E-state index is 8.66. The van der Waals surface area contributed by atoms with Crippen molar-refractivity contribution < 1.29 is 4.42 Å². The second-order valence-electron chi connectivity index (χ2n) is 4.17. The Bertz CT molecular complexity index is 717. The number of nitriles is 1. The van der Waals surface area contributed by atoms with Gasteiger partial charge in [-0.05, 0) is 28.8 Å². The summed E-state index contributed by atoms with van der Waals surface area (Å²) in [5.41, 5.74) is 4.24. The normalized spacial score (nSPS) is 10.4. The molecule has 0 fully saturated rings. The first-order valence-corrected chi connectivity index (χ1v) is 5.81. The predicted molar refractivity (Wildman–Crippen MR) is 71.0 cm³/mol. The molecule has 0 radical (unpaired) electrons. The van der Waals surface area contributed by atoms with Crippen molar-refractivity contribution in [3.63, 3.8) is 0 Å². The van der Waals surface area contributed by atoms with Crippen LogP contribution in [0, 0.1) is 11.3 Å². The van der Waals surface area contributed by atoms with Crippen molar-refractivity contribution in [3.8, 4) is 17.2 Å². The summed E-state index contributed by atoms with van der Waals surface area (Å²) in [6, 6.07) is 18.3. The second-order valence-corrected chi connectivity index (χ2v) is 4.17. The summed E-state index contributed by atoms with van der Waals surface area (Å²) >= 11 is 0. The van der Waals surface area contributed by atoms with Crippen LogP contribution in [0.25, 0.3) is 22.1 Å². The van der Waals surface area contributed by atoms with E-state index >= 15 is 0 Å². The summed E-state index contributed by atoms with van der Waals surface area (Å²) in [5.74, 6) is 0. The Morgan fingerprint density at radius 3 is 2.61 bits per heavy atom. The quantitative estimate of drug-likeness (QED) is 0.666. The van der Waals surface area contributed by atoms with E-state index in [-0.39, 0.29) is 0 Å². The van der Waals surface area contributed by atoms with Crippen LogP contribution in [0.1, 0.15) is 5.56 Å². The molecule has 0 aliphatic heterocycles. The fourth-order valence-electron chi connectivity index (χ4n) is 2.14. The Kier molecular flexibility index (Phi) is 2.59. The van der Waals surface area contributed by atoms with Gasteiger partial charge in [-0.25, -0.2) is 0 Å². The van der Waals surface area contributed by atoms with Crippen molar-refractivity contribution >= 4 is 11.0 Å². The molecule has 3 rings (SSSR count). The lowest BCUT2D eigenvalue weighted by Gasteiger charge is -2.04. The highest BCUT2D eigenvalue weighted by Crippen LogP contribution is 2.29. The van der Waals surface area contributed by atoms with Gasteiger partial charge in [-0.15, -0.1) is 0 Å². The van der Waals surface area contributed by atoms with E-state index in [0.717, 1.165) is 27.7 Å². The van der Waals surface area contributed by atoms with Crippen LogP contribution in [-0.4, -0.2) is 0 Å². The molecule has 0 amide bonds. The number of fused-ring (bicyclic) bond motifs is 1. The van der Waals surface area contributed by atoms with Gasteiger partial charge in [0.15, 0.2) is 0 Å². The molecule has 2 nitrogen and oxygen atoms in total. The molecule has 0 unspecified atom stereocenters. The highest BCUT2D eigenvalue weighted by molar-refractivity contribution is 5.93. The van der Waals surface area contributed by atoms with Gasteiger partial charge in [0.2, 0.25) is 0 Å². The Balaban J connectivity index is 2.09. The second kappa shape index (κ2) is 4.38. The van der Waals surface area contributed by atoms with Crippen molar-refractivity contribution in [1.82, 2.24) is 0 Å². The summed E-state index contributed by atoms with van der Waals surface area (Å²) in [4.78, 5) is 0. The molecule has 1 aromatic heterocycles. The van der Waals surface area contributed by atoms with E-state index in [1.165, 1.54) is 0 Å². The summed E-state index contributed by atoms with van der Waals surface area (Å²) in [6.45, 7) is 0. The molecular weight excluding hydrogens is 222 g/mol. The standard InChI is InChI=1S/C16H11NO/c17-10-8-12-4-6-13(7-5-12)14-2-1-3-16-15(14)9-11-18-16/h1-7,9,11H,8H2. The average molecular weight is 233 g/mol. The lowest BCUT2D eigenvalue weighted by Crippen LogP contribution is -1.83. The average Bonchev–Trinajstić information content (AvgIpc) is 2.88. The fraction of sp³-hybridized carbons (Fsp3) is 0.0625. The largest absolute Gasteiger partial charge is 0.464 e. The molecule has 0 N–H and O–H groups in total. The summed E-state index contributed by atoms with van der Waals surface area (Å²) in [7, 11) is 0. The van der Waals surface area contributed by atoms with E-state index in [0.29, 0.717) is 6.42 Å². The van der Waals surface area contributed by atoms with Crippen molar-refractivity contribution in [2.24, 2.45) is 0 Å². The number of hydrogen-bond acceptors (Lipinski definition) is 2. The van der Waals surface area contributed by atoms with Crippen LogP contribution >= 0.6 is 0 Å². The number of nitrogens with zero attached hydrogens (tertiary/aromatic N) is 1. The molecule has 18 heavy (non-hydrogen) atoms.